The molecule has 8 heteroatoms. The normalized spacial score (nSPS) is 12.0. The zero-order valence-electron chi connectivity index (χ0n) is 23.5. The molecule has 5 rings (SSSR count). The van der Waals surface area contributed by atoms with Crippen LogP contribution in [0.15, 0.2) is 77.7 Å². The van der Waals surface area contributed by atoms with Gasteiger partial charge in [0.05, 0.1) is 29.0 Å². The van der Waals surface area contributed by atoms with Crippen molar-refractivity contribution in [3.05, 3.63) is 94.8 Å². The highest BCUT2D eigenvalue weighted by molar-refractivity contribution is 5.87. The zero-order chi connectivity index (χ0) is 28.8. The molecule has 0 fully saturated rings. The number of unbranched alkanes of at least 4 members (excludes halogenated alkanes) is 2. The van der Waals surface area contributed by atoms with Crippen LogP contribution < -0.4 is 10.9 Å². The molecule has 0 unspecified atom stereocenters. The van der Waals surface area contributed by atoms with Gasteiger partial charge in [-0.25, -0.2) is 9.67 Å². The van der Waals surface area contributed by atoms with E-state index in [1.807, 2.05) is 44.2 Å². The molecular weight excluding hydrogens is 514 g/mol. The first kappa shape index (κ1) is 28.0. The van der Waals surface area contributed by atoms with E-state index >= 15 is 0 Å². The molecule has 1 amide bonds. The Morgan fingerprint density at radius 3 is 2.51 bits per heavy atom. The highest BCUT2D eigenvalue weighted by atomic mass is 16.2. The summed E-state index contributed by atoms with van der Waals surface area (Å²) in [5.41, 5.74) is 2.27. The van der Waals surface area contributed by atoms with Crippen LogP contribution in [0.1, 0.15) is 63.0 Å². The molecule has 8 nitrogen and oxygen atoms in total. The number of ketones is 1. The van der Waals surface area contributed by atoms with Crippen molar-refractivity contribution in [3.63, 3.8) is 0 Å². The summed E-state index contributed by atoms with van der Waals surface area (Å²) in [6, 6.07) is 21.3. The Morgan fingerprint density at radius 2 is 1.71 bits per heavy atom. The maximum atomic E-state index is 13.2. The second-order valence-corrected chi connectivity index (χ2v) is 10.4. The molecule has 3 aromatic carbocycles. The maximum absolute atomic E-state index is 13.2. The third kappa shape index (κ3) is 6.60. The van der Waals surface area contributed by atoms with Crippen LogP contribution in [-0.4, -0.2) is 31.4 Å². The molecule has 0 saturated heterocycles. The number of nitrogens with one attached hydrogen (secondary N) is 2. The molecule has 0 spiro atoms. The lowest BCUT2D eigenvalue weighted by molar-refractivity contribution is -0.122. The second-order valence-electron chi connectivity index (χ2n) is 10.4. The SMILES string of the molecule is CCC(=O)CCCCC[C@H](NC(=O)Cn1nc(C)c2ccccc2c1=O)c1ncc(-c2ccc3ccccc3c2)[nH]1. The van der Waals surface area contributed by atoms with Crippen LogP contribution in [0.5, 0.6) is 0 Å². The first-order chi connectivity index (χ1) is 19.9. The minimum atomic E-state index is -0.379. The van der Waals surface area contributed by atoms with E-state index in [4.69, 9.17) is 0 Å². The molecule has 0 saturated carbocycles. The Morgan fingerprint density at radius 1 is 0.951 bits per heavy atom. The molecule has 2 aromatic heterocycles. The van der Waals surface area contributed by atoms with Gasteiger partial charge in [-0.2, -0.15) is 5.10 Å². The summed E-state index contributed by atoms with van der Waals surface area (Å²) in [5.74, 6) is 0.606. The Bertz CT molecular complexity index is 1750. The van der Waals surface area contributed by atoms with Crippen molar-refractivity contribution in [2.75, 3.05) is 0 Å². The van der Waals surface area contributed by atoms with Gasteiger partial charge in [0.15, 0.2) is 0 Å². The molecular formula is C33H35N5O3. The number of aryl methyl sites for hydroxylation is 1. The summed E-state index contributed by atoms with van der Waals surface area (Å²) < 4.78 is 1.23. The maximum Gasteiger partial charge on any atom is 0.275 e. The Hall–Kier alpha value is -4.59. The number of Topliss-reactive ketones (excluding diaryl/α,β-unsaturated/α-hetero) is 1. The van der Waals surface area contributed by atoms with Crippen LogP contribution >= 0.6 is 0 Å². The average molecular weight is 550 g/mol. The van der Waals surface area contributed by atoms with Gasteiger partial charge in [-0.15, -0.1) is 0 Å². The number of rotatable bonds is 12. The number of nitrogens with zero attached hydrogens (tertiary/aromatic N) is 3. The number of aromatic nitrogens is 4. The van der Waals surface area contributed by atoms with Gasteiger partial charge in [0.25, 0.3) is 5.56 Å². The topological polar surface area (TPSA) is 110 Å². The van der Waals surface area contributed by atoms with Crippen LogP contribution in [0, 0.1) is 6.92 Å². The summed E-state index contributed by atoms with van der Waals surface area (Å²) >= 11 is 0. The van der Waals surface area contributed by atoms with E-state index in [0.29, 0.717) is 36.2 Å². The van der Waals surface area contributed by atoms with Gasteiger partial charge >= 0.3 is 0 Å². The van der Waals surface area contributed by atoms with Crippen LogP contribution in [0.4, 0.5) is 0 Å². The fourth-order valence-corrected chi connectivity index (χ4v) is 5.21. The van der Waals surface area contributed by atoms with E-state index in [-0.39, 0.29) is 29.8 Å². The molecule has 41 heavy (non-hydrogen) atoms. The third-order valence-corrected chi connectivity index (χ3v) is 7.51. The second kappa shape index (κ2) is 12.7. The highest BCUT2D eigenvalue weighted by Crippen LogP contribution is 2.26. The first-order valence-electron chi connectivity index (χ1n) is 14.2. The van der Waals surface area contributed by atoms with Crippen molar-refractivity contribution in [3.8, 4) is 11.3 Å². The number of carbonyl (C=O) groups excluding carboxylic acids is 2. The zero-order valence-corrected chi connectivity index (χ0v) is 23.5. The minimum absolute atomic E-state index is 0.190. The van der Waals surface area contributed by atoms with Gasteiger partial charge in [0.1, 0.15) is 18.2 Å². The van der Waals surface area contributed by atoms with Crippen LogP contribution in [0.25, 0.3) is 32.8 Å². The fraction of sp³-hybridized carbons (Fsp3) is 0.303. The van der Waals surface area contributed by atoms with E-state index in [1.165, 1.54) is 4.68 Å². The van der Waals surface area contributed by atoms with Gasteiger partial charge < -0.3 is 10.3 Å². The van der Waals surface area contributed by atoms with Crippen molar-refractivity contribution in [1.82, 2.24) is 25.1 Å². The van der Waals surface area contributed by atoms with E-state index in [2.05, 4.69) is 50.7 Å². The molecule has 5 aromatic rings. The van der Waals surface area contributed by atoms with Gasteiger partial charge in [-0.05, 0) is 42.7 Å². The number of imidazole rings is 1. The monoisotopic (exact) mass is 549 g/mol. The minimum Gasteiger partial charge on any atom is -0.345 e. The largest absolute Gasteiger partial charge is 0.345 e. The van der Waals surface area contributed by atoms with E-state index in [1.54, 1.807) is 12.3 Å². The van der Waals surface area contributed by atoms with E-state index in [9.17, 15) is 14.4 Å². The summed E-state index contributed by atoms with van der Waals surface area (Å²) in [4.78, 5) is 46.0. The summed E-state index contributed by atoms with van der Waals surface area (Å²) in [5, 5.41) is 11.1. The predicted molar refractivity (Wildman–Crippen MR) is 162 cm³/mol. The molecule has 1 atom stereocenters. The quantitative estimate of drug-likeness (QED) is 0.185. The number of carbonyl (C=O) groups is 2. The van der Waals surface area contributed by atoms with Crippen molar-refractivity contribution in [2.45, 2.75) is 65.0 Å². The molecule has 0 aliphatic carbocycles. The van der Waals surface area contributed by atoms with E-state index < -0.39 is 0 Å². The van der Waals surface area contributed by atoms with Crippen molar-refractivity contribution < 1.29 is 9.59 Å². The number of benzene rings is 3. The van der Waals surface area contributed by atoms with Crippen LogP contribution in [0.2, 0.25) is 0 Å². The Labute approximate surface area is 238 Å². The van der Waals surface area contributed by atoms with Gasteiger partial charge in [0.2, 0.25) is 5.91 Å². The third-order valence-electron chi connectivity index (χ3n) is 7.51. The average Bonchev–Trinajstić information content (AvgIpc) is 3.49. The molecule has 210 valence electrons. The van der Waals surface area contributed by atoms with Gasteiger partial charge in [-0.3, -0.25) is 14.4 Å². The lowest BCUT2D eigenvalue weighted by Gasteiger charge is -2.17. The molecule has 2 N–H and O–H groups in total. The van der Waals surface area contributed by atoms with Crippen LogP contribution in [0.3, 0.4) is 0 Å². The van der Waals surface area contributed by atoms with Crippen molar-refractivity contribution >= 4 is 33.2 Å². The molecule has 2 heterocycles. The lowest BCUT2D eigenvalue weighted by Crippen LogP contribution is -2.36. The molecule has 0 aliphatic heterocycles. The number of hydrogen-bond acceptors (Lipinski definition) is 5. The molecule has 0 radical (unpaired) electrons. The number of aromatic amines is 1. The smallest absolute Gasteiger partial charge is 0.275 e. The lowest BCUT2D eigenvalue weighted by atomic mass is 10.0. The summed E-state index contributed by atoms with van der Waals surface area (Å²) in [6.07, 6.45) is 6.10. The Kier molecular flexibility index (Phi) is 8.67. The fourth-order valence-electron chi connectivity index (χ4n) is 5.21. The summed E-state index contributed by atoms with van der Waals surface area (Å²) in [7, 11) is 0. The van der Waals surface area contributed by atoms with Gasteiger partial charge in [0, 0.05) is 23.8 Å². The van der Waals surface area contributed by atoms with Gasteiger partial charge in [-0.1, -0.05) is 74.4 Å². The van der Waals surface area contributed by atoms with Crippen molar-refractivity contribution in [2.24, 2.45) is 0 Å². The Balaban J connectivity index is 1.34. The number of fused-ring (bicyclic) bond motifs is 2. The first-order valence-corrected chi connectivity index (χ1v) is 14.2. The number of amides is 1. The number of hydrogen-bond donors (Lipinski definition) is 2. The highest BCUT2D eigenvalue weighted by Gasteiger charge is 2.20. The predicted octanol–water partition coefficient (Wildman–Crippen LogP) is 6.04. The molecule has 0 bridgehead atoms. The van der Waals surface area contributed by atoms with Crippen LogP contribution in [-0.2, 0) is 16.1 Å². The van der Waals surface area contributed by atoms with Crippen molar-refractivity contribution in [1.29, 1.82) is 0 Å². The standard InChI is InChI=1S/C33H35N5O3/c1-3-26(39)13-5-4-6-16-29(32-34-20-30(36-32)25-18-17-23-11-7-8-12-24(23)19-25)35-31(40)21-38-33(41)28-15-10-9-14-27(28)22(2)37-38/h7-12,14-15,17-20,29H,3-6,13,16,21H2,1-2H3,(H,34,36)(H,35,40)/t29-/m0/s1. The number of H-pyrrole nitrogens is 1. The van der Waals surface area contributed by atoms with E-state index in [0.717, 1.165) is 46.7 Å². The summed E-state index contributed by atoms with van der Waals surface area (Å²) in [6.45, 7) is 3.53. The molecule has 0 aliphatic rings.